The monoisotopic (exact) mass is 239 g/mol. The van der Waals surface area contributed by atoms with E-state index >= 15 is 0 Å². The number of nitrogens with zero attached hydrogens (tertiary/aromatic N) is 2. The molecule has 0 atom stereocenters. The molecule has 1 amide bonds. The average molecular weight is 239 g/mol. The maximum Gasteiger partial charge on any atom is 0.236 e. The van der Waals surface area contributed by atoms with Gasteiger partial charge in [-0.25, -0.2) is 0 Å². The van der Waals surface area contributed by atoms with Gasteiger partial charge >= 0.3 is 0 Å². The van der Waals surface area contributed by atoms with Crippen LogP contribution in [0.15, 0.2) is 0 Å². The Morgan fingerprint density at radius 3 is 2.53 bits per heavy atom. The van der Waals surface area contributed by atoms with Crippen LogP contribution in [0, 0.1) is 0 Å². The third-order valence-electron chi connectivity index (χ3n) is 3.99. The molecule has 0 unspecified atom stereocenters. The quantitative estimate of drug-likeness (QED) is 0.784. The zero-order valence-electron chi connectivity index (χ0n) is 11.0. The van der Waals surface area contributed by atoms with Gasteiger partial charge in [0.25, 0.3) is 0 Å². The van der Waals surface area contributed by atoms with Gasteiger partial charge in [-0.1, -0.05) is 12.8 Å². The third-order valence-corrected chi connectivity index (χ3v) is 3.99. The first kappa shape index (κ1) is 12.8. The summed E-state index contributed by atoms with van der Waals surface area (Å²) in [6, 6.07) is 0.524. The summed E-state index contributed by atoms with van der Waals surface area (Å²) in [5.74, 6) is 0.335. The van der Waals surface area contributed by atoms with Gasteiger partial charge in [-0.3, -0.25) is 9.69 Å². The fraction of sp³-hybridized carbons (Fsp3) is 0.923. The molecule has 1 saturated heterocycles. The zero-order valence-corrected chi connectivity index (χ0v) is 11.0. The van der Waals surface area contributed by atoms with Crippen LogP contribution in [0.4, 0.5) is 0 Å². The van der Waals surface area contributed by atoms with Crippen LogP contribution in [-0.4, -0.2) is 61.0 Å². The molecule has 4 nitrogen and oxygen atoms in total. The number of likely N-dealkylation sites (N-methyl/N-ethyl adjacent to an activating group) is 1. The summed E-state index contributed by atoms with van der Waals surface area (Å²) < 4.78 is 0. The first-order valence-electron chi connectivity index (χ1n) is 7.04. The molecule has 1 saturated carbocycles. The SMILES string of the molecule is CCN(C(=O)CN1CCNCC1)C1CCCC1. The topological polar surface area (TPSA) is 35.6 Å². The van der Waals surface area contributed by atoms with Gasteiger partial charge in [-0.2, -0.15) is 0 Å². The first-order valence-corrected chi connectivity index (χ1v) is 7.04. The van der Waals surface area contributed by atoms with Gasteiger partial charge in [0.05, 0.1) is 6.54 Å². The van der Waals surface area contributed by atoms with Crippen molar-refractivity contribution in [1.82, 2.24) is 15.1 Å². The van der Waals surface area contributed by atoms with Crippen molar-refractivity contribution in [2.24, 2.45) is 0 Å². The minimum atomic E-state index is 0.335. The molecule has 0 aromatic carbocycles. The van der Waals surface area contributed by atoms with E-state index in [1.807, 2.05) is 0 Å². The lowest BCUT2D eigenvalue weighted by Gasteiger charge is -2.32. The minimum absolute atomic E-state index is 0.335. The molecular formula is C13H25N3O. The Balaban J connectivity index is 1.83. The van der Waals surface area contributed by atoms with Crippen LogP contribution in [0.3, 0.4) is 0 Å². The highest BCUT2D eigenvalue weighted by molar-refractivity contribution is 5.78. The largest absolute Gasteiger partial charge is 0.339 e. The van der Waals surface area contributed by atoms with Crippen LogP contribution >= 0.6 is 0 Å². The van der Waals surface area contributed by atoms with E-state index in [0.717, 1.165) is 32.7 Å². The molecule has 17 heavy (non-hydrogen) atoms. The maximum absolute atomic E-state index is 12.3. The predicted octanol–water partition coefficient (Wildman–Crippen LogP) is 0.683. The van der Waals surface area contributed by atoms with E-state index in [9.17, 15) is 4.79 Å². The molecule has 2 rings (SSSR count). The Bertz CT molecular complexity index is 245. The average Bonchev–Trinajstić information content (AvgIpc) is 2.85. The molecule has 0 spiro atoms. The van der Waals surface area contributed by atoms with Crippen molar-refractivity contribution < 1.29 is 4.79 Å². The summed E-state index contributed by atoms with van der Waals surface area (Å²) >= 11 is 0. The summed E-state index contributed by atoms with van der Waals surface area (Å²) in [6.45, 7) is 7.64. The molecule has 2 aliphatic rings. The Hall–Kier alpha value is -0.610. The summed E-state index contributed by atoms with van der Waals surface area (Å²) in [7, 11) is 0. The lowest BCUT2D eigenvalue weighted by atomic mass is 10.2. The third kappa shape index (κ3) is 3.42. The highest BCUT2D eigenvalue weighted by Crippen LogP contribution is 2.23. The van der Waals surface area contributed by atoms with Gasteiger partial charge in [0, 0.05) is 38.8 Å². The second-order valence-electron chi connectivity index (χ2n) is 5.14. The second-order valence-corrected chi connectivity index (χ2v) is 5.14. The summed E-state index contributed by atoms with van der Waals surface area (Å²) in [5, 5.41) is 3.32. The number of carbonyl (C=O) groups is 1. The van der Waals surface area contributed by atoms with Crippen molar-refractivity contribution in [1.29, 1.82) is 0 Å². The van der Waals surface area contributed by atoms with Crippen molar-refractivity contribution >= 4 is 5.91 Å². The highest BCUT2D eigenvalue weighted by atomic mass is 16.2. The van der Waals surface area contributed by atoms with Crippen molar-refractivity contribution in [2.45, 2.75) is 38.6 Å². The van der Waals surface area contributed by atoms with Crippen molar-refractivity contribution in [2.75, 3.05) is 39.3 Å². The van der Waals surface area contributed by atoms with Gasteiger partial charge < -0.3 is 10.2 Å². The van der Waals surface area contributed by atoms with E-state index < -0.39 is 0 Å². The van der Waals surface area contributed by atoms with Crippen LogP contribution in [-0.2, 0) is 4.79 Å². The van der Waals surface area contributed by atoms with Gasteiger partial charge in [0.15, 0.2) is 0 Å². The van der Waals surface area contributed by atoms with Gasteiger partial charge in [-0.15, -0.1) is 0 Å². The van der Waals surface area contributed by atoms with E-state index in [2.05, 4.69) is 22.0 Å². The van der Waals surface area contributed by atoms with Crippen molar-refractivity contribution in [3.05, 3.63) is 0 Å². The van der Waals surface area contributed by atoms with Crippen molar-refractivity contribution in [3.8, 4) is 0 Å². The molecule has 1 aliphatic heterocycles. The fourth-order valence-corrected chi connectivity index (χ4v) is 3.01. The molecule has 0 radical (unpaired) electrons. The van der Waals surface area contributed by atoms with Crippen LogP contribution in [0.1, 0.15) is 32.6 Å². The first-order chi connectivity index (χ1) is 8.31. The lowest BCUT2D eigenvalue weighted by Crippen LogP contribution is -2.50. The fourth-order valence-electron chi connectivity index (χ4n) is 3.01. The number of piperazine rings is 1. The minimum Gasteiger partial charge on any atom is -0.339 e. The van der Waals surface area contributed by atoms with E-state index in [1.165, 1.54) is 25.7 Å². The molecule has 4 heteroatoms. The molecule has 0 aromatic rings. The van der Waals surface area contributed by atoms with E-state index in [0.29, 0.717) is 18.5 Å². The number of nitrogens with one attached hydrogen (secondary N) is 1. The summed E-state index contributed by atoms with van der Waals surface area (Å²) in [5.41, 5.74) is 0. The number of hydrogen-bond donors (Lipinski definition) is 1. The molecule has 98 valence electrons. The lowest BCUT2D eigenvalue weighted by molar-refractivity contribution is -0.134. The number of amides is 1. The molecule has 0 bridgehead atoms. The Morgan fingerprint density at radius 2 is 1.94 bits per heavy atom. The van der Waals surface area contributed by atoms with Crippen LogP contribution in [0.25, 0.3) is 0 Å². The van der Waals surface area contributed by atoms with E-state index in [4.69, 9.17) is 0 Å². The molecular weight excluding hydrogens is 214 g/mol. The number of carbonyl (C=O) groups excluding carboxylic acids is 1. The molecule has 1 N–H and O–H groups in total. The maximum atomic E-state index is 12.3. The number of rotatable bonds is 4. The van der Waals surface area contributed by atoms with Gasteiger partial charge in [-0.05, 0) is 19.8 Å². The molecule has 1 aliphatic carbocycles. The standard InChI is InChI=1S/C13H25N3O/c1-2-16(12-5-3-4-6-12)13(17)11-15-9-7-14-8-10-15/h12,14H,2-11H2,1H3. The Labute approximate surface area is 104 Å². The highest BCUT2D eigenvalue weighted by Gasteiger charge is 2.26. The smallest absolute Gasteiger partial charge is 0.236 e. The van der Waals surface area contributed by atoms with Crippen molar-refractivity contribution in [3.63, 3.8) is 0 Å². The van der Waals surface area contributed by atoms with Crippen LogP contribution in [0.5, 0.6) is 0 Å². The Kier molecular flexibility index (Phi) is 4.80. The van der Waals surface area contributed by atoms with Crippen LogP contribution in [0.2, 0.25) is 0 Å². The van der Waals surface area contributed by atoms with E-state index in [-0.39, 0.29) is 0 Å². The Morgan fingerprint density at radius 1 is 1.29 bits per heavy atom. The normalized spacial score (nSPS) is 22.9. The number of hydrogen-bond acceptors (Lipinski definition) is 3. The van der Waals surface area contributed by atoms with Crippen LogP contribution < -0.4 is 5.32 Å². The molecule has 2 fully saturated rings. The second kappa shape index (κ2) is 6.36. The zero-order chi connectivity index (χ0) is 12.1. The van der Waals surface area contributed by atoms with Gasteiger partial charge in [0.2, 0.25) is 5.91 Å². The molecule has 1 heterocycles. The van der Waals surface area contributed by atoms with E-state index in [1.54, 1.807) is 0 Å². The predicted molar refractivity (Wildman–Crippen MR) is 69.0 cm³/mol. The summed E-state index contributed by atoms with van der Waals surface area (Å²) in [6.07, 6.45) is 5.01. The van der Waals surface area contributed by atoms with Gasteiger partial charge in [0.1, 0.15) is 0 Å². The summed E-state index contributed by atoms with van der Waals surface area (Å²) in [4.78, 5) is 16.7. The molecule has 0 aromatic heterocycles.